The van der Waals surface area contributed by atoms with Crippen LogP contribution >= 0.6 is 12.4 Å². The molecule has 0 aromatic heterocycles. The molecule has 3 nitrogen and oxygen atoms in total. The summed E-state index contributed by atoms with van der Waals surface area (Å²) in [5, 5.41) is 0. The van der Waals surface area contributed by atoms with Gasteiger partial charge in [-0.1, -0.05) is 25.1 Å². The van der Waals surface area contributed by atoms with E-state index in [2.05, 4.69) is 4.72 Å². The van der Waals surface area contributed by atoms with E-state index in [4.69, 9.17) is 0 Å². The summed E-state index contributed by atoms with van der Waals surface area (Å²) >= 11 is 0. The van der Waals surface area contributed by atoms with Gasteiger partial charge in [0.2, 0.25) is 10.0 Å². The van der Waals surface area contributed by atoms with Crippen molar-refractivity contribution in [2.45, 2.75) is 18.2 Å². The van der Waals surface area contributed by atoms with Crippen LogP contribution in [0, 0.1) is 0 Å². The molecule has 0 aliphatic heterocycles. The summed E-state index contributed by atoms with van der Waals surface area (Å²) in [7, 11) is -3.27. The van der Waals surface area contributed by atoms with Gasteiger partial charge in [-0.2, -0.15) is 0 Å². The van der Waals surface area contributed by atoms with Gasteiger partial charge in [0.15, 0.2) is 0 Å². The zero-order valence-corrected chi connectivity index (χ0v) is 9.57. The van der Waals surface area contributed by atoms with Crippen LogP contribution in [-0.4, -0.2) is 15.0 Å². The minimum Gasteiger partial charge on any atom is -0.211 e. The van der Waals surface area contributed by atoms with E-state index >= 15 is 0 Å². The second-order valence-electron chi connectivity index (χ2n) is 2.71. The molecule has 0 aliphatic carbocycles. The lowest BCUT2D eigenvalue weighted by Crippen LogP contribution is -2.24. The third-order valence-corrected chi connectivity index (χ3v) is 3.07. The molecule has 0 aliphatic rings. The molecule has 14 heavy (non-hydrogen) atoms. The first-order chi connectivity index (χ1) is 6.17. The van der Waals surface area contributed by atoms with Gasteiger partial charge in [-0.3, -0.25) is 0 Å². The lowest BCUT2D eigenvalue weighted by atomic mass is 10.4. The number of sulfonamides is 1. The predicted octanol–water partition coefficient (Wildman–Crippen LogP) is 1.80. The van der Waals surface area contributed by atoms with Gasteiger partial charge in [0.05, 0.1) is 4.90 Å². The van der Waals surface area contributed by atoms with Crippen LogP contribution in [0.5, 0.6) is 0 Å². The van der Waals surface area contributed by atoms with Crippen LogP contribution in [0.1, 0.15) is 13.3 Å². The maximum Gasteiger partial charge on any atom is 0.240 e. The van der Waals surface area contributed by atoms with Gasteiger partial charge in [0.25, 0.3) is 0 Å². The molecule has 0 radical (unpaired) electrons. The molecule has 80 valence electrons. The average molecular weight is 236 g/mol. The van der Waals surface area contributed by atoms with E-state index in [-0.39, 0.29) is 12.4 Å². The summed E-state index contributed by atoms with van der Waals surface area (Å²) in [6.07, 6.45) is 0.798. The second-order valence-corrected chi connectivity index (χ2v) is 4.48. The Morgan fingerprint density at radius 1 is 1.21 bits per heavy atom. The maximum atomic E-state index is 11.5. The third-order valence-electron chi connectivity index (χ3n) is 1.60. The molecule has 0 saturated carbocycles. The predicted molar refractivity (Wildman–Crippen MR) is 59.2 cm³/mol. The zero-order chi connectivity index (χ0) is 9.73. The quantitative estimate of drug-likeness (QED) is 0.865. The SMILES string of the molecule is CCCNS(=O)(=O)c1ccccc1.Cl. The summed E-state index contributed by atoms with van der Waals surface area (Å²) in [6, 6.07) is 8.37. The van der Waals surface area contributed by atoms with Gasteiger partial charge in [0.1, 0.15) is 0 Å². The fraction of sp³-hybridized carbons (Fsp3) is 0.333. The summed E-state index contributed by atoms with van der Waals surface area (Å²) in [4.78, 5) is 0.323. The van der Waals surface area contributed by atoms with E-state index < -0.39 is 10.0 Å². The molecule has 1 N–H and O–H groups in total. The fourth-order valence-electron chi connectivity index (χ4n) is 0.919. The molecule has 0 spiro atoms. The highest BCUT2D eigenvalue weighted by Crippen LogP contribution is 2.06. The molecular weight excluding hydrogens is 222 g/mol. The van der Waals surface area contributed by atoms with E-state index in [1.165, 1.54) is 0 Å². The Morgan fingerprint density at radius 2 is 1.79 bits per heavy atom. The first-order valence-electron chi connectivity index (χ1n) is 4.21. The van der Waals surface area contributed by atoms with E-state index in [0.29, 0.717) is 11.4 Å². The largest absolute Gasteiger partial charge is 0.240 e. The minimum absolute atomic E-state index is 0. The molecular formula is C9H14ClNO2S. The Hall–Kier alpha value is -0.580. The van der Waals surface area contributed by atoms with Crippen LogP contribution in [0.2, 0.25) is 0 Å². The number of hydrogen-bond donors (Lipinski definition) is 1. The Balaban J connectivity index is 0.00000169. The van der Waals surface area contributed by atoms with Crippen molar-refractivity contribution in [1.29, 1.82) is 0 Å². The zero-order valence-electron chi connectivity index (χ0n) is 7.93. The van der Waals surface area contributed by atoms with Crippen LogP contribution < -0.4 is 4.72 Å². The van der Waals surface area contributed by atoms with Crippen LogP contribution in [0.4, 0.5) is 0 Å². The maximum absolute atomic E-state index is 11.5. The number of hydrogen-bond acceptors (Lipinski definition) is 2. The van der Waals surface area contributed by atoms with Crippen molar-refractivity contribution >= 4 is 22.4 Å². The normalized spacial score (nSPS) is 10.6. The van der Waals surface area contributed by atoms with Crippen molar-refractivity contribution in [3.05, 3.63) is 30.3 Å². The summed E-state index contributed by atoms with van der Waals surface area (Å²) < 4.78 is 25.5. The van der Waals surface area contributed by atoms with Gasteiger partial charge < -0.3 is 0 Å². The second kappa shape index (κ2) is 6.01. The van der Waals surface area contributed by atoms with Crippen molar-refractivity contribution in [2.24, 2.45) is 0 Å². The number of rotatable bonds is 4. The minimum atomic E-state index is -3.27. The molecule has 1 aromatic rings. The van der Waals surface area contributed by atoms with Gasteiger partial charge in [-0.15, -0.1) is 12.4 Å². The highest BCUT2D eigenvalue weighted by molar-refractivity contribution is 7.89. The number of halogens is 1. The molecule has 0 saturated heterocycles. The molecule has 1 aromatic carbocycles. The smallest absolute Gasteiger partial charge is 0.211 e. The Morgan fingerprint density at radius 3 is 2.29 bits per heavy atom. The number of benzene rings is 1. The standard InChI is InChI=1S/C9H13NO2S.ClH/c1-2-8-10-13(11,12)9-6-4-3-5-7-9;/h3-7,10H,2,8H2,1H3;1H. The van der Waals surface area contributed by atoms with E-state index in [1.54, 1.807) is 30.3 Å². The molecule has 0 atom stereocenters. The highest BCUT2D eigenvalue weighted by Gasteiger charge is 2.10. The molecule has 5 heteroatoms. The van der Waals surface area contributed by atoms with E-state index in [9.17, 15) is 8.42 Å². The lowest BCUT2D eigenvalue weighted by molar-refractivity contribution is 0.581. The lowest BCUT2D eigenvalue weighted by Gasteiger charge is -2.04. The third kappa shape index (κ3) is 3.65. The fourth-order valence-corrected chi connectivity index (χ4v) is 2.07. The Bertz CT molecular complexity index is 350. The topological polar surface area (TPSA) is 46.2 Å². The van der Waals surface area contributed by atoms with Crippen LogP contribution in [0.25, 0.3) is 0 Å². The first-order valence-corrected chi connectivity index (χ1v) is 5.70. The Kier molecular flexibility index (Phi) is 5.76. The van der Waals surface area contributed by atoms with Crippen LogP contribution in [-0.2, 0) is 10.0 Å². The molecule has 0 unspecified atom stereocenters. The summed E-state index contributed by atoms with van der Waals surface area (Å²) in [6.45, 7) is 2.41. The van der Waals surface area contributed by atoms with Gasteiger partial charge in [-0.25, -0.2) is 13.1 Å². The first kappa shape index (κ1) is 13.4. The van der Waals surface area contributed by atoms with Crippen molar-refractivity contribution in [1.82, 2.24) is 4.72 Å². The van der Waals surface area contributed by atoms with E-state index in [0.717, 1.165) is 6.42 Å². The molecule has 0 amide bonds. The van der Waals surface area contributed by atoms with Crippen molar-refractivity contribution in [3.8, 4) is 0 Å². The molecule has 0 heterocycles. The van der Waals surface area contributed by atoms with E-state index in [1.807, 2.05) is 6.92 Å². The molecule has 0 bridgehead atoms. The van der Waals surface area contributed by atoms with Crippen molar-refractivity contribution < 1.29 is 8.42 Å². The number of nitrogens with one attached hydrogen (secondary N) is 1. The van der Waals surface area contributed by atoms with Crippen LogP contribution in [0.15, 0.2) is 35.2 Å². The highest BCUT2D eigenvalue weighted by atomic mass is 35.5. The van der Waals surface area contributed by atoms with Gasteiger partial charge in [-0.05, 0) is 18.6 Å². The Labute approximate surface area is 91.0 Å². The summed E-state index contributed by atoms with van der Waals surface area (Å²) in [5.74, 6) is 0. The summed E-state index contributed by atoms with van der Waals surface area (Å²) in [5.41, 5.74) is 0. The van der Waals surface area contributed by atoms with Gasteiger partial charge in [0, 0.05) is 6.54 Å². The molecule has 1 rings (SSSR count). The van der Waals surface area contributed by atoms with Crippen LogP contribution in [0.3, 0.4) is 0 Å². The van der Waals surface area contributed by atoms with Gasteiger partial charge >= 0.3 is 0 Å². The molecule has 0 fully saturated rings. The average Bonchev–Trinajstić information content (AvgIpc) is 2.16. The van der Waals surface area contributed by atoms with Crippen molar-refractivity contribution in [3.63, 3.8) is 0 Å². The van der Waals surface area contributed by atoms with Crippen molar-refractivity contribution in [2.75, 3.05) is 6.54 Å². The monoisotopic (exact) mass is 235 g/mol.